The summed E-state index contributed by atoms with van der Waals surface area (Å²) in [5.74, 6) is 2.48. The topological polar surface area (TPSA) is 85.4 Å². The number of hydrogen-bond donors (Lipinski definition) is 2. The Balaban J connectivity index is 1.42. The molecule has 0 fully saturated rings. The first kappa shape index (κ1) is 23.8. The van der Waals surface area contributed by atoms with Crippen LogP contribution in [0.15, 0.2) is 85.1 Å². The van der Waals surface area contributed by atoms with Crippen LogP contribution in [0.4, 0.5) is 11.5 Å². The second kappa shape index (κ2) is 11.7. The van der Waals surface area contributed by atoms with Gasteiger partial charge in [-0.25, -0.2) is 9.97 Å². The first-order chi connectivity index (χ1) is 17.2. The van der Waals surface area contributed by atoms with E-state index in [0.717, 1.165) is 16.8 Å². The van der Waals surface area contributed by atoms with Crippen molar-refractivity contribution in [1.82, 2.24) is 15.3 Å². The normalized spacial score (nSPS) is 10.5. The number of carbonyl (C=O) groups is 1. The van der Waals surface area contributed by atoms with Gasteiger partial charge in [0.2, 0.25) is 0 Å². The van der Waals surface area contributed by atoms with Crippen molar-refractivity contribution in [2.24, 2.45) is 0 Å². The lowest BCUT2D eigenvalue weighted by Gasteiger charge is -2.13. The van der Waals surface area contributed by atoms with Crippen molar-refractivity contribution in [3.8, 4) is 22.9 Å². The van der Waals surface area contributed by atoms with Crippen molar-refractivity contribution >= 4 is 17.4 Å². The summed E-state index contributed by atoms with van der Waals surface area (Å²) in [6.07, 6.45) is 1.71. The van der Waals surface area contributed by atoms with Crippen LogP contribution >= 0.6 is 0 Å². The van der Waals surface area contributed by atoms with Crippen molar-refractivity contribution in [3.63, 3.8) is 0 Å². The molecule has 0 spiro atoms. The molecule has 7 nitrogen and oxygen atoms in total. The van der Waals surface area contributed by atoms with Crippen LogP contribution in [-0.2, 0) is 6.54 Å². The molecule has 178 valence electrons. The Morgan fingerprint density at radius 1 is 0.857 bits per heavy atom. The molecule has 0 aliphatic rings. The number of benzene rings is 3. The standard InChI is InChI=1S/C28H28N4O3/c1-3-34-24-14-13-20(17-25(24)35-4-2)19-30-28(33)22-11-8-12-23(18-22)31-26-15-16-29-27(32-26)21-9-6-5-7-10-21/h5-18H,3-4,19H2,1-2H3,(H,30,33)(H,29,31,32). The van der Waals surface area contributed by atoms with E-state index >= 15 is 0 Å². The van der Waals surface area contributed by atoms with Gasteiger partial charge >= 0.3 is 0 Å². The van der Waals surface area contributed by atoms with Crippen molar-refractivity contribution in [1.29, 1.82) is 0 Å². The third-order valence-corrected chi connectivity index (χ3v) is 5.15. The van der Waals surface area contributed by atoms with E-state index in [4.69, 9.17) is 9.47 Å². The Morgan fingerprint density at radius 3 is 2.46 bits per heavy atom. The van der Waals surface area contributed by atoms with Crippen molar-refractivity contribution in [3.05, 3.63) is 96.2 Å². The van der Waals surface area contributed by atoms with Crippen LogP contribution < -0.4 is 20.1 Å². The summed E-state index contributed by atoms with van der Waals surface area (Å²) in [6.45, 7) is 5.32. The maximum Gasteiger partial charge on any atom is 0.251 e. The van der Waals surface area contributed by atoms with Crippen LogP contribution in [0.5, 0.6) is 11.5 Å². The van der Waals surface area contributed by atoms with Crippen LogP contribution in [0.25, 0.3) is 11.4 Å². The molecule has 4 rings (SSSR count). The van der Waals surface area contributed by atoms with E-state index in [-0.39, 0.29) is 5.91 Å². The zero-order chi connectivity index (χ0) is 24.5. The minimum atomic E-state index is -0.173. The van der Waals surface area contributed by atoms with E-state index in [1.807, 2.05) is 74.5 Å². The van der Waals surface area contributed by atoms with Gasteiger partial charge in [-0.1, -0.05) is 42.5 Å². The Hall–Kier alpha value is -4.39. The van der Waals surface area contributed by atoms with E-state index in [1.54, 1.807) is 24.4 Å². The molecule has 3 aromatic carbocycles. The van der Waals surface area contributed by atoms with Gasteiger partial charge in [0.1, 0.15) is 5.82 Å². The highest BCUT2D eigenvalue weighted by Crippen LogP contribution is 2.28. The maximum absolute atomic E-state index is 12.8. The molecule has 1 amide bonds. The molecule has 0 aliphatic heterocycles. The van der Waals surface area contributed by atoms with E-state index < -0.39 is 0 Å². The van der Waals surface area contributed by atoms with Gasteiger partial charge in [0, 0.05) is 29.6 Å². The average Bonchev–Trinajstić information content (AvgIpc) is 2.90. The number of anilines is 2. The van der Waals surface area contributed by atoms with Crippen LogP contribution in [0.1, 0.15) is 29.8 Å². The summed E-state index contributed by atoms with van der Waals surface area (Å²) in [6, 6.07) is 24.6. The fraction of sp³-hybridized carbons (Fsp3) is 0.179. The summed E-state index contributed by atoms with van der Waals surface area (Å²) in [5, 5.41) is 6.23. The maximum atomic E-state index is 12.8. The molecule has 7 heteroatoms. The number of hydrogen-bond acceptors (Lipinski definition) is 6. The predicted molar refractivity (Wildman–Crippen MR) is 137 cm³/mol. The van der Waals surface area contributed by atoms with Gasteiger partial charge in [-0.05, 0) is 55.8 Å². The van der Waals surface area contributed by atoms with Crippen LogP contribution in [0.3, 0.4) is 0 Å². The van der Waals surface area contributed by atoms with Crippen molar-refractivity contribution < 1.29 is 14.3 Å². The first-order valence-electron chi connectivity index (χ1n) is 11.6. The van der Waals surface area contributed by atoms with Crippen LogP contribution in [0, 0.1) is 0 Å². The minimum absolute atomic E-state index is 0.173. The monoisotopic (exact) mass is 468 g/mol. The molecule has 0 bridgehead atoms. The second-order valence-corrected chi connectivity index (χ2v) is 7.67. The number of ether oxygens (including phenoxy) is 2. The van der Waals surface area contributed by atoms with Gasteiger partial charge in [0.15, 0.2) is 17.3 Å². The fourth-order valence-electron chi connectivity index (χ4n) is 3.53. The summed E-state index contributed by atoms with van der Waals surface area (Å²) >= 11 is 0. The Bertz CT molecular complexity index is 1280. The van der Waals surface area contributed by atoms with Crippen molar-refractivity contribution in [2.45, 2.75) is 20.4 Å². The van der Waals surface area contributed by atoms with Gasteiger partial charge in [-0.15, -0.1) is 0 Å². The number of aromatic nitrogens is 2. The molecule has 1 heterocycles. The van der Waals surface area contributed by atoms with Gasteiger partial charge in [0.05, 0.1) is 13.2 Å². The lowest BCUT2D eigenvalue weighted by molar-refractivity contribution is 0.0951. The number of nitrogens with zero attached hydrogens (tertiary/aromatic N) is 2. The lowest BCUT2D eigenvalue weighted by atomic mass is 10.1. The minimum Gasteiger partial charge on any atom is -0.490 e. The predicted octanol–water partition coefficient (Wildman–Crippen LogP) is 5.61. The lowest BCUT2D eigenvalue weighted by Crippen LogP contribution is -2.22. The molecule has 0 atom stereocenters. The zero-order valence-electron chi connectivity index (χ0n) is 19.8. The molecule has 35 heavy (non-hydrogen) atoms. The number of carbonyl (C=O) groups excluding carboxylic acids is 1. The highest BCUT2D eigenvalue weighted by molar-refractivity contribution is 5.95. The Kier molecular flexibility index (Phi) is 7.91. The SMILES string of the molecule is CCOc1ccc(CNC(=O)c2cccc(Nc3ccnc(-c4ccccc4)n3)c2)cc1OCC. The van der Waals surface area contributed by atoms with E-state index in [1.165, 1.54) is 0 Å². The molecule has 0 saturated heterocycles. The van der Waals surface area contributed by atoms with Gasteiger partial charge in [0.25, 0.3) is 5.91 Å². The van der Waals surface area contributed by atoms with Gasteiger partial charge in [-0.2, -0.15) is 0 Å². The summed E-state index contributed by atoms with van der Waals surface area (Å²) in [5.41, 5.74) is 3.17. The van der Waals surface area contributed by atoms with E-state index in [0.29, 0.717) is 48.5 Å². The van der Waals surface area contributed by atoms with Gasteiger partial charge in [-0.3, -0.25) is 4.79 Å². The van der Waals surface area contributed by atoms with E-state index in [2.05, 4.69) is 20.6 Å². The largest absolute Gasteiger partial charge is 0.490 e. The molecule has 1 aromatic heterocycles. The number of rotatable bonds is 10. The van der Waals surface area contributed by atoms with E-state index in [9.17, 15) is 4.79 Å². The second-order valence-electron chi connectivity index (χ2n) is 7.67. The van der Waals surface area contributed by atoms with Crippen molar-refractivity contribution in [2.75, 3.05) is 18.5 Å². The molecule has 0 aliphatic carbocycles. The summed E-state index contributed by atoms with van der Waals surface area (Å²) in [4.78, 5) is 21.8. The van der Waals surface area contributed by atoms with Crippen LogP contribution in [0.2, 0.25) is 0 Å². The molecular weight excluding hydrogens is 440 g/mol. The molecule has 0 radical (unpaired) electrons. The smallest absolute Gasteiger partial charge is 0.251 e. The Morgan fingerprint density at radius 2 is 1.66 bits per heavy atom. The van der Waals surface area contributed by atoms with Gasteiger partial charge < -0.3 is 20.1 Å². The van der Waals surface area contributed by atoms with Crippen LogP contribution in [-0.4, -0.2) is 29.1 Å². The highest BCUT2D eigenvalue weighted by Gasteiger charge is 2.10. The summed E-state index contributed by atoms with van der Waals surface area (Å²) < 4.78 is 11.3. The fourth-order valence-corrected chi connectivity index (χ4v) is 3.53. The highest BCUT2D eigenvalue weighted by atomic mass is 16.5. The third kappa shape index (κ3) is 6.35. The summed E-state index contributed by atoms with van der Waals surface area (Å²) in [7, 11) is 0. The Labute approximate surface area is 205 Å². The first-order valence-corrected chi connectivity index (χ1v) is 11.6. The number of amides is 1. The average molecular weight is 469 g/mol. The molecule has 4 aromatic rings. The molecule has 0 saturated carbocycles. The molecule has 0 unspecified atom stereocenters. The zero-order valence-corrected chi connectivity index (χ0v) is 19.8. The number of nitrogens with one attached hydrogen (secondary N) is 2. The quantitative estimate of drug-likeness (QED) is 0.314. The molecular formula is C28H28N4O3. The third-order valence-electron chi connectivity index (χ3n) is 5.15. The molecule has 2 N–H and O–H groups in total.